The highest BCUT2D eigenvalue weighted by Crippen LogP contribution is 2.36. The van der Waals surface area contributed by atoms with Crippen LogP contribution in [0.2, 0.25) is 0 Å². The van der Waals surface area contributed by atoms with Crippen molar-refractivity contribution in [1.29, 1.82) is 0 Å². The lowest BCUT2D eigenvalue weighted by Crippen LogP contribution is -2.40. The van der Waals surface area contributed by atoms with E-state index in [1.165, 1.54) is 19.1 Å². The van der Waals surface area contributed by atoms with Crippen LogP contribution in [-0.2, 0) is 27.4 Å². The van der Waals surface area contributed by atoms with E-state index in [2.05, 4.69) is 0 Å². The molecule has 0 N–H and O–H groups in total. The summed E-state index contributed by atoms with van der Waals surface area (Å²) in [5, 5.41) is 0.966. The van der Waals surface area contributed by atoms with E-state index in [0.29, 0.717) is 31.5 Å². The minimum atomic E-state index is -3.64. The number of likely N-dealkylation sites (tertiary alicyclic amines) is 1. The Balaban J connectivity index is 1.50. The van der Waals surface area contributed by atoms with Gasteiger partial charge in [0.25, 0.3) is 0 Å². The van der Waals surface area contributed by atoms with Gasteiger partial charge in [0.15, 0.2) is 9.84 Å². The van der Waals surface area contributed by atoms with E-state index in [1.807, 2.05) is 29.9 Å². The van der Waals surface area contributed by atoms with E-state index in [-0.39, 0.29) is 28.9 Å². The first kappa shape index (κ1) is 26.3. The number of rotatable bonds is 7. The molecule has 1 saturated heterocycles. The third kappa shape index (κ3) is 5.61. The fraction of sp³-hybridized carbons (Fsp3) is 0.444. The minimum Gasteiger partial charge on any atom is -0.350 e. The van der Waals surface area contributed by atoms with Crippen LogP contribution in [0.15, 0.2) is 53.6 Å². The molecule has 1 aliphatic rings. The molecule has 0 radical (unpaired) electrons. The van der Waals surface area contributed by atoms with Crippen molar-refractivity contribution in [2.45, 2.75) is 55.6 Å². The van der Waals surface area contributed by atoms with Gasteiger partial charge >= 0.3 is 0 Å². The number of carbonyl (C=O) groups is 1. The first-order valence-corrected chi connectivity index (χ1v) is 13.7. The monoisotopic (exact) mass is 520 g/mol. The molecule has 1 atom stereocenters. The quantitative estimate of drug-likeness (QED) is 0.377. The molecule has 9 heteroatoms. The number of sulfone groups is 1. The summed E-state index contributed by atoms with van der Waals surface area (Å²) in [5.41, 5.74) is 2.71. The van der Waals surface area contributed by atoms with Crippen molar-refractivity contribution in [3.05, 3.63) is 65.6 Å². The third-order valence-electron chi connectivity index (χ3n) is 7.25. The molecule has 3 aromatic rings. The fourth-order valence-electron chi connectivity index (χ4n) is 4.84. The number of hydrogen-bond acceptors (Lipinski definition) is 3. The highest BCUT2D eigenvalue weighted by Gasteiger charge is 2.34. The molecule has 0 saturated carbocycles. The van der Waals surface area contributed by atoms with Gasteiger partial charge in [0.2, 0.25) is 11.8 Å². The second-order valence-electron chi connectivity index (χ2n) is 9.98. The van der Waals surface area contributed by atoms with Gasteiger partial charge in [-0.15, -0.1) is 0 Å². The number of hydrogen-bond donors (Lipinski definition) is 0. The van der Waals surface area contributed by atoms with Crippen molar-refractivity contribution in [1.82, 2.24) is 9.47 Å². The average molecular weight is 521 g/mol. The van der Waals surface area contributed by atoms with Gasteiger partial charge in [-0.25, -0.2) is 21.6 Å². The Hall–Kier alpha value is -2.81. The zero-order valence-corrected chi connectivity index (χ0v) is 21.5. The maximum absolute atomic E-state index is 13.5. The SMILES string of the molecule is CC(CC(=O)N1CCC(c2cn(C)c3ccc(CS(=O)(=O)c4ccc(F)cc4)cc23)CC1)C(C)(F)F. The summed E-state index contributed by atoms with van der Waals surface area (Å²) in [4.78, 5) is 14.3. The zero-order valence-electron chi connectivity index (χ0n) is 20.7. The third-order valence-corrected chi connectivity index (χ3v) is 8.95. The number of carbonyl (C=O) groups excluding carboxylic acids is 1. The second-order valence-corrected chi connectivity index (χ2v) is 12.0. The van der Waals surface area contributed by atoms with Gasteiger partial charge in [0.1, 0.15) is 5.82 Å². The number of aryl methyl sites for hydroxylation is 1. The molecule has 1 unspecified atom stereocenters. The van der Waals surface area contributed by atoms with Crippen molar-refractivity contribution >= 4 is 26.6 Å². The van der Waals surface area contributed by atoms with Gasteiger partial charge in [-0.05, 0) is 73.2 Å². The Labute approximate surface area is 209 Å². The number of piperidine rings is 1. The minimum absolute atomic E-state index is 0.0736. The van der Waals surface area contributed by atoms with E-state index >= 15 is 0 Å². The topological polar surface area (TPSA) is 59.4 Å². The molecule has 4 rings (SSSR count). The molecular weight excluding hydrogens is 489 g/mol. The van der Waals surface area contributed by atoms with Crippen LogP contribution >= 0.6 is 0 Å². The Morgan fingerprint density at radius 2 is 1.75 bits per heavy atom. The predicted molar refractivity (Wildman–Crippen MR) is 133 cm³/mol. The molecule has 1 aliphatic heterocycles. The zero-order chi connectivity index (χ0) is 26.3. The summed E-state index contributed by atoms with van der Waals surface area (Å²) in [5.74, 6) is -4.66. The van der Waals surface area contributed by atoms with Crippen molar-refractivity contribution in [3.63, 3.8) is 0 Å². The number of nitrogens with zero attached hydrogens (tertiary/aromatic N) is 2. The smallest absolute Gasteiger partial charge is 0.248 e. The number of fused-ring (bicyclic) bond motifs is 1. The Morgan fingerprint density at radius 1 is 1.11 bits per heavy atom. The highest BCUT2D eigenvalue weighted by molar-refractivity contribution is 7.90. The lowest BCUT2D eigenvalue weighted by Gasteiger charge is -2.33. The van der Waals surface area contributed by atoms with E-state index < -0.39 is 27.5 Å². The summed E-state index contributed by atoms with van der Waals surface area (Å²) in [7, 11) is -1.70. The Bertz CT molecular complexity index is 1350. The molecule has 1 aromatic heterocycles. The van der Waals surface area contributed by atoms with Crippen molar-refractivity contribution < 1.29 is 26.4 Å². The summed E-state index contributed by atoms with van der Waals surface area (Å²) in [6, 6.07) is 10.4. The number of halogens is 3. The van der Waals surface area contributed by atoms with Gasteiger partial charge < -0.3 is 9.47 Å². The van der Waals surface area contributed by atoms with Gasteiger partial charge in [-0.3, -0.25) is 4.79 Å². The van der Waals surface area contributed by atoms with E-state index in [1.54, 1.807) is 11.0 Å². The second kappa shape index (κ2) is 9.92. The molecule has 36 heavy (non-hydrogen) atoms. The highest BCUT2D eigenvalue weighted by atomic mass is 32.2. The van der Waals surface area contributed by atoms with E-state index in [0.717, 1.165) is 35.5 Å². The molecule has 2 aromatic carbocycles. The summed E-state index contributed by atoms with van der Waals surface area (Å²) >= 11 is 0. The first-order chi connectivity index (χ1) is 16.8. The molecule has 0 spiro atoms. The number of amides is 1. The van der Waals surface area contributed by atoms with Crippen molar-refractivity contribution in [3.8, 4) is 0 Å². The van der Waals surface area contributed by atoms with Crippen LogP contribution in [0.1, 0.15) is 50.2 Å². The molecule has 0 bridgehead atoms. The van der Waals surface area contributed by atoms with E-state index in [4.69, 9.17) is 0 Å². The Morgan fingerprint density at radius 3 is 2.36 bits per heavy atom. The van der Waals surface area contributed by atoms with Crippen LogP contribution in [0.3, 0.4) is 0 Å². The van der Waals surface area contributed by atoms with Crippen LogP contribution in [-0.4, -0.2) is 42.8 Å². The molecule has 0 aliphatic carbocycles. The van der Waals surface area contributed by atoms with Crippen LogP contribution < -0.4 is 0 Å². The van der Waals surface area contributed by atoms with Crippen LogP contribution in [0.4, 0.5) is 13.2 Å². The molecular formula is C27H31F3N2O3S. The summed E-state index contributed by atoms with van der Waals surface area (Å²) in [6.45, 7) is 3.24. The maximum atomic E-state index is 13.5. The number of benzene rings is 2. The van der Waals surface area contributed by atoms with Crippen LogP contribution in [0, 0.1) is 11.7 Å². The number of aromatic nitrogens is 1. The van der Waals surface area contributed by atoms with Crippen LogP contribution in [0.25, 0.3) is 10.9 Å². The molecule has 1 amide bonds. The molecule has 194 valence electrons. The Kier molecular flexibility index (Phi) is 7.23. The normalized spacial score (nSPS) is 16.4. The maximum Gasteiger partial charge on any atom is 0.248 e. The van der Waals surface area contributed by atoms with Crippen molar-refractivity contribution in [2.24, 2.45) is 13.0 Å². The summed E-state index contributed by atoms with van der Waals surface area (Å²) < 4.78 is 68.0. The average Bonchev–Trinajstić information content (AvgIpc) is 3.14. The van der Waals surface area contributed by atoms with Crippen LogP contribution in [0.5, 0.6) is 0 Å². The number of alkyl halides is 2. The van der Waals surface area contributed by atoms with Crippen molar-refractivity contribution in [2.75, 3.05) is 13.1 Å². The molecule has 1 fully saturated rings. The molecule has 2 heterocycles. The standard InChI is InChI=1S/C27H31F3N2O3S/c1-18(27(2,29)30)14-26(33)32-12-10-20(11-13-32)24-16-31(3)25-9-4-19(15-23(24)25)17-36(34,35)22-7-5-21(28)6-8-22/h4-9,15-16,18,20H,10-14,17H2,1-3H3. The van der Waals surface area contributed by atoms with Gasteiger partial charge in [0, 0.05) is 49.6 Å². The van der Waals surface area contributed by atoms with Gasteiger partial charge in [0.05, 0.1) is 10.6 Å². The lowest BCUT2D eigenvalue weighted by atomic mass is 9.88. The molecule has 5 nitrogen and oxygen atoms in total. The fourth-order valence-corrected chi connectivity index (χ4v) is 6.18. The largest absolute Gasteiger partial charge is 0.350 e. The lowest BCUT2D eigenvalue weighted by molar-refractivity contribution is -0.136. The summed E-state index contributed by atoms with van der Waals surface area (Å²) in [6.07, 6.45) is 3.29. The first-order valence-electron chi connectivity index (χ1n) is 12.1. The van der Waals surface area contributed by atoms with Gasteiger partial charge in [-0.1, -0.05) is 13.0 Å². The van der Waals surface area contributed by atoms with E-state index in [9.17, 15) is 26.4 Å². The van der Waals surface area contributed by atoms with Gasteiger partial charge in [-0.2, -0.15) is 0 Å². The predicted octanol–water partition coefficient (Wildman–Crippen LogP) is 5.68.